The standard InChI is InChI=1S/C11H25NO3/c1-10(2)8-12(6-7-13-3)9-11(14-4)15-5/h10-11H,6-9H2,1-5H3. The summed E-state index contributed by atoms with van der Waals surface area (Å²) in [6, 6.07) is 0. The summed E-state index contributed by atoms with van der Waals surface area (Å²) < 4.78 is 15.5. The Balaban J connectivity index is 3.97. The fraction of sp³-hybridized carbons (Fsp3) is 1.00. The summed E-state index contributed by atoms with van der Waals surface area (Å²) in [6.07, 6.45) is -0.152. The van der Waals surface area contributed by atoms with Gasteiger partial charge in [-0.3, -0.25) is 4.90 Å². The third kappa shape index (κ3) is 7.73. The highest BCUT2D eigenvalue weighted by atomic mass is 16.7. The highest BCUT2D eigenvalue weighted by Crippen LogP contribution is 2.02. The van der Waals surface area contributed by atoms with Crippen molar-refractivity contribution in [2.75, 3.05) is 47.6 Å². The molecule has 0 rings (SSSR count). The van der Waals surface area contributed by atoms with E-state index < -0.39 is 0 Å². The van der Waals surface area contributed by atoms with Crippen LogP contribution < -0.4 is 0 Å². The van der Waals surface area contributed by atoms with Crippen molar-refractivity contribution in [2.45, 2.75) is 20.1 Å². The molecule has 0 radical (unpaired) electrons. The zero-order valence-corrected chi connectivity index (χ0v) is 10.7. The Hall–Kier alpha value is -0.160. The quantitative estimate of drug-likeness (QED) is 0.545. The molecule has 0 aromatic carbocycles. The summed E-state index contributed by atoms with van der Waals surface area (Å²) in [5.41, 5.74) is 0. The van der Waals surface area contributed by atoms with E-state index in [1.165, 1.54) is 0 Å². The van der Waals surface area contributed by atoms with E-state index in [-0.39, 0.29) is 6.29 Å². The molecule has 0 heterocycles. The Bertz CT molecular complexity index is 138. The van der Waals surface area contributed by atoms with Crippen LogP contribution in [-0.2, 0) is 14.2 Å². The maximum Gasteiger partial charge on any atom is 0.169 e. The third-order valence-corrected chi connectivity index (χ3v) is 2.17. The summed E-state index contributed by atoms with van der Waals surface area (Å²) in [5, 5.41) is 0. The molecule has 15 heavy (non-hydrogen) atoms. The first-order chi connectivity index (χ1) is 7.13. The largest absolute Gasteiger partial charge is 0.383 e. The van der Waals surface area contributed by atoms with Crippen LogP contribution in [0, 0.1) is 5.92 Å². The first-order valence-corrected chi connectivity index (χ1v) is 5.40. The fourth-order valence-corrected chi connectivity index (χ4v) is 1.45. The highest BCUT2D eigenvalue weighted by molar-refractivity contribution is 4.62. The second-order valence-electron chi connectivity index (χ2n) is 4.05. The van der Waals surface area contributed by atoms with Crippen molar-refractivity contribution in [3.8, 4) is 0 Å². The molecule has 0 aliphatic heterocycles. The fourth-order valence-electron chi connectivity index (χ4n) is 1.45. The van der Waals surface area contributed by atoms with E-state index in [0.29, 0.717) is 5.92 Å². The molecule has 0 N–H and O–H groups in total. The average Bonchev–Trinajstić information content (AvgIpc) is 2.21. The van der Waals surface area contributed by atoms with Gasteiger partial charge in [-0.15, -0.1) is 0 Å². The SMILES string of the molecule is COCCN(CC(C)C)CC(OC)OC. The molecule has 0 spiro atoms. The zero-order chi connectivity index (χ0) is 11.7. The topological polar surface area (TPSA) is 30.9 Å². The van der Waals surface area contributed by atoms with Crippen LogP contribution in [0.25, 0.3) is 0 Å². The lowest BCUT2D eigenvalue weighted by Crippen LogP contribution is -2.38. The summed E-state index contributed by atoms with van der Waals surface area (Å²) >= 11 is 0. The molecule has 0 aliphatic rings. The Morgan fingerprint density at radius 3 is 2.00 bits per heavy atom. The van der Waals surface area contributed by atoms with Gasteiger partial charge in [0.15, 0.2) is 6.29 Å². The van der Waals surface area contributed by atoms with E-state index in [2.05, 4.69) is 18.7 Å². The summed E-state index contributed by atoms with van der Waals surface area (Å²) in [7, 11) is 5.05. The second-order valence-corrected chi connectivity index (χ2v) is 4.05. The molecule has 0 saturated carbocycles. The van der Waals surface area contributed by atoms with Gasteiger partial charge in [0.1, 0.15) is 0 Å². The lowest BCUT2D eigenvalue weighted by atomic mass is 10.2. The van der Waals surface area contributed by atoms with Crippen molar-refractivity contribution in [3.63, 3.8) is 0 Å². The zero-order valence-electron chi connectivity index (χ0n) is 10.7. The molecule has 0 aromatic rings. The smallest absolute Gasteiger partial charge is 0.169 e. The normalized spacial score (nSPS) is 12.0. The minimum atomic E-state index is -0.152. The maximum atomic E-state index is 5.19. The highest BCUT2D eigenvalue weighted by Gasteiger charge is 2.13. The van der Waals surface area contributed by atoms with Gasteiger partial charge in [0, 0.05) is 41.0 Å². The van der Waals surface area contributed by atoms with Gasteiger partial charge < -0.3 is 14.2 Å². The lowest BCUT2D eigenvalue weighted by molar-refractivity contribution is -0.118. The van der Waals surface area contributed by atoms with E-state index in [0.717, 1.165) is 26.2 Å². The Morgan fingerprint density at radius 2 is 1.60 bits per heavy atom. The first-order valence-electron chi connectivity index (χ1n) is 5.40. The predicted octanol–water partition coefficient (Wildman–Crippen LogP) is 1.21. The molecule has 0 aromatic heterocycles. The summed E-state index contributed by atoms with van der Waals surface area (Å²) in [6.45, 7) is 7.88. The summed E-state index contributed by atoms with van der Waals surface area (Å²) in [5.74, 6) is 0.635. The molecule has 0 amide bonds. The van der Waals surface area contributed by atoms with Crippen LogP contribution in [-0.4, -0.2) is 58.8 Å². The number of ether oxygens (including phenoxy) is 3. The first kappa shape index (κ1) is 14.8. The van der Waals surface area contributed by atoms with Crippen LogP contribution in [0.5, 0.6) is 0 Å². The Labute approximate surface area is 93.5 Å². The average molecular weight is 219 g/mol. The summed E-state index contributed by atoms with van der Waals surface area (Å²) in [4.78, 5) is 2.30. The van der Waals surface area contributed by atoms with Crippen LogP contribution >= 0.6 is 0 Å². The van der Waals surface area contributed by atoms with Crippen molar-refractivity contribution in [1.82, 2.24) is 4.90 Å². The van der Waals surface area contributed by atoms with Gasteiger partial charge in [-0.05, 0) is 5.92 Å². The minimum absolute atomic E-state index is 0.152. The monoisotopic (exact) mass is 219 g/mol. The maximum absolute atomic E-state index is 5.19. The van der Waals surface area contributed by atoms with E-state index in [9.17, 15) is 0 Å². The molecule has 4 nitrogen and oxygen atoms in total. The molecule has 0 saturated heterocycles. The van der Waals surface area contributed by atoms with Gasteiger partial charge in [-0.2, -0.15) is 0 Å². The molecule has 0 unspecified atom stereocenters. The lowest BCUT2D eigenvalue weighted by Gasteiger charge is -2.27. The molecule has 4 heteroatoms. The van der Waals surface area contributed by atoms with E-state index in [1.807, 2.05) is 0 Å². The van der Waals surface area contributed by atoms with Gasteiger partial charge in [0.2, 0.25) is 0 Å². The van der Waals surface area contributed by atoms with Gasteiger partial charge in [-0.1, -0.05) is 13.8 Å². The molecule has 0 bridgehead atoms. The molecular weight excluding hydrogens is 194 g/mol. The van der Waals surface area contributed by atoms with Crippen LogP contribution in [0.2, 0.25) is 0 Å². The molecule has 0 fully saturated rings. The van der Waals surface area contributed by atoms with Crippen LogP contribution in [0.1, 0.15) is 13.8 Å². The van der Waals surface area contributed by atoms with Crippen LogP contribution in [0.4, 0.5) is 0 Å². The van der Waals surface area contributed by atoms with Crippen molar-refractivity contribution < 1.29 is 14.2 Å². The minimum Gasteiger partial charge on any atom is -0.383 e. The predicted molar refractivity (Wildman–Crippen MR) is 61.0 cm³/mol. The second kappa shape index (κ2) is 9.09. The number of hydrogen-bond donors (Lipinski definition) is 0. The molecule has 0 aliphatic carbocycles. The van der Waals surface area contributed by atoms with Gasteiger partial charge in [0.25, 0.3) is 0 Å². The molecule has 92 valence electrons. The van der Waals surface area contributed by atoms with Gasteiger partial charge >= 0.3 is 0 Å². The van der Waals surface area contributed by atoms with Gasteiger partial charge in [0.05, 0.1) is 6.61 Å². The Kier molecular flexibility index (Phi) is 9.00. The van der Waals surface area contributed by atoms with Crippen molar-refractivity contribution in [1.29, 1.82) is 0 Å². The number of methoxy groups -OCH3 is 3. The number of rotatable bonds is 9. The van der Waals surface area contributed by atoms with Crippen molar-refractivity contribution >= 4 is 0 Å². The molecule has 0 atom stereocenters. The van der Waals surface area contributed by atoms with E-state index >= 15 is 0 Å². The van der Waals surface area contributed by atoms with Gasteiger partial charge in [-0.25, -0.2) is 0 Å². The van der Waals surface area contributed by atoms with Crippen molar-refractivity contribution in [2.24, 2.45) is 5.92 Å². The van der Waals surface area contributed by atoms with E-state index in [1.54, 1.807) is 21.3 Å². The number of nitrogens with zero attached hydrogens (tertiary/aromatic N) is 1. The third-order valence-electron chi connectivity index (χ3n) is 2.17. The molecular formula is C11H25NO3. The van der Waals surface area contributed by atoms with Crippen molar-refractivity contribution in [3.05, 3.63) is 0 Å². The Morgan fingerprint density at radius 1 is 1.00 bits per heavy atom. The van der Waals surface area contributed by atoms with E-state index in [4.69, 9.17) is 14.2 Å². The van der Waals surface area contributed by atoms with Crippen LogP contribution in [0.3, 0.4) is 0 Å². The van der Waals surface area contributed by atoms with Crippen LogP contribution in [0.15, 0.2) is 0 Å². The number of hydrogen-bond acceptors (Lipinski definition) is 4.